The van der Waals surface area contributed by atoms with Crippen molar-refractivity contribution in [2.24, 2.45) is 0 Å². The first kappa shape index (κ1) is 12.4. The summed E-state index contributed by atoms with van der Waals surface area (Å²) in [5.74, 6) is 0.775. The lowest BCUT2D eigenvalue weighted by Gasteiger charge is -2.18. The first-order valence-corrected chi connectivity index (χ1v) is 7.09. The van der Waals surface area contributed by atoms with E-state index in [2.05, 4.69) is 4.98 Å². The SMILES string of the molecule is OC1c2ccccc2CC1Oc1cccc2ncccc12. The number of benzene rings is 2. The Balaban J connectivity index is 1.68. The number of nitrogens with zero attached hydrogens (tertiary/aromatic N) is 1. The number of aromatic nitrogens is 1. The first-order valence-electron chi connectivity index (χ1n) is 7.09. The Labute approximate surface area is 122 Å². The fourth-order valence-electron chi connectivity index (χ4n) is 2.98. The molecule has 0 radical (unpaired) electrons. The lowest BCUT2D eigenvalue weighted by molar-refractivity contribution is 0.0503. The van der Waals surface area contributed by atoms with Crippen LogP contribution in [-0.4, -0.2) is 16.2 Å². The van der Waals surface area contributed by atoms with Crippen LogP contribution < -0.4 is 4.74 Å². The van der Waals surface area contributed by atoms with Crippen molar-refractivity contribution in [3.63, 3.8) is 0 Å². The zero-order valence-corrected chi connectivity index (χ0v) is 11.4. The van der Waals surface area contributed by atoms with Crippen molar-refractivity contribution in [3.05, 3.63) is 71.9 Å². The molecule has 1 aliphatic carbocycles. The molecule has 1 heterocycles. The number of aliphatic hydroxyl groups excluding tert-OH is 1. The molecule has 21 heavy (non-hydrogen) atoms. The van der Waals surface area contributed by atoms with Crippen molar-refractivity contribution in [2.75, 3.05) is 0 Å². The summed E-state index contributed by atoms with van der Waals surface area (Å²) in [5.41, 5.74) is 3.04. The van der Waals surface area contributed by atoms with Gasteiger partial charge in [-0.1, -0.05) is 30.3 Å². The number of fused-ring (bicyclic) bond motifs is 2. The van der Waals surface area contributed by atoms with Gasteiger partial charge in [0.2, 0.25) is 0 Å². The smallest absolute Gasteiger partial charge is 0.133 e. The van der Waals surface area contributed by atoms with Crippen LogP contribution in [0.4, 0.5) is 0 Å². The molecular weight excluding hydrogens is 262 g/mol. The summed E-state index contributed by atoms with van der Waals surface area (Å²) in [6.07, 6.45) is 1.68. The minimum atomic E-state index is -0.576. The maximum Gasteiger partial charge on any atom is 0.133 e. The van der Waals surface area contributed by atoms with Crippen molar-refractivity contribution in [2.45, 2.75) is 18.6 Å². The van der Waals surface area contributed by atoms with Crippen LogP contribution in [0.5, 0.6) is 5.75 Å². The normalized spacial score (nSPS) is 20.4. The lowest BCUT2D eigenvalue weighted by atomic mass is 10.1. The zero-order valence-electron chi connectivity index (χ0n) is 11.4. The second-order valence-electron chi connectivity index (χ2n) is 5.33. The van der Waals surface area contributed by atoms with Crippen LogP contribution in [0.15, 0.2) is 60.8 Å². The quantitative estimate of drug-likeness (QED) is 0.781. The van der Waals surface area contributed by atoms with Gasteiger partial charge in [0.05, 0.1) is 5.52 Å². The van der Waals surface area contributed by atoms with Gasteiger partial charge in [0.25, 0.3) is 0 Å². The van der Waals surface area contributed by atoms with Gasteiger partial charge in [-0.15, -0.1) is 0 Å². The molecule has 2 aromatic carbocycles. The van der Waals surface area contributed by atoms with Gasteiger partial charge in [0.15, 0.2) is 0 Å². The summed E-state index contributed by atoms with van der Waals surface area (Å²) in [6, 6.07) is 17.7. The highest BCUT2D eigenvalue weighted by Gasteiger charge is 2.32. The predicted octanol–water partition coefficient (Wildman–Crippen LogP) is 3.27. The Bertz CT molecular complexity index is 795. The van der Waals surface area contributed by atoms with Gasteiger partial charge in [-0.05, 0) is 35.4 Å². The predicted molar refractivity (Wildman–Crippen MR) is 81.3 cm³/mol. The van der Waals surface area contributed by atoms with Gasteiger partial charge >= 0.3 is 0 Å². The van der Waals surface area contributed by atoms with Crippen molar-refractivity contribution in [3.8, 4) is 5.75 Å². The fourth-order valence-corrected chi connectivity index (χ4v) is 2.98. The Morgan fingerprint density at radius 2 is 1.90 bits per heavy atom. The van der Waals surface area contributed by atoms with E-state index < -0.39 is 6.10 Å². The van der Waals surface area contributed by atoms with E-state index >= 15 is 0 Å². The van der Waals surface area contributed by atoms with Crippen LogP contribution in [-0.2, 0) is 6.42 Å². The van der Waals surface area contributed by atoms with Gasteiger partial charge in [0, 0.05) is 18.0 Å². The van der Waals surface area contributed by atoms with Crippen LogP contribution in [0.25, 0.3) is 10.9 Å². The molecule has 2 atom stereocenters. The Kier molecular flexibility index (Phi) is 2.86. The molecule has 4 rings (SSSR count). The molecule has 1 aromatic heterocycles. The molecule has 3 nitrogen and oxygen atoms in total. The molecule has 2 unspecified atom stereocenters. The minimum absolute atomic E-state index is 0.242. The van der Waals surface area contributed by atoms with Crippen LogP contribution in [0.1, 0.15) is 17.2 Å². The molecule has 1 aliphatic rings. The lowest BCUT2D eigenvalue weighted by Crippen LogP contribution is -2.21. The molecule has 0 saturated heterocycles. The minimum Gasteiger partial charge on any atom is -0.486 e. The molecule has 1 N–H and O–H groups in total. The van der Waals surface area contributed by atoms with E-state index in [1.54, 1.807) is 6.20 Å². The van der Waals surface area contributed by atoms with E-state index in [0.29, 0.717) is 0 Å². The molecule has 0 amide bonds. The summed E-state index contributed by atoms with van der Waals surface area (Å²) in [6.45, 7) is 0. The highest BCUT2D eigenvalue weighted by molar-refractivity contribution is 5.84. The van der Waals surface area contributed by atoms with E-state index in [4.69, 9.17) is 4.74 Å². The topological polar surface area (TPSA) is 42.4 Å². The van der Waals surface area contributed by atoms with Gasteiger partial charge < -0.3 is 9.84 Å². The second-order valence-corrected chi connectivity index (χ2v) is 5.33. The average Bonchev–Trinajstić information content (AvgIpc) is 2.85. The highest BCUT2D eigenvalue weighted by Crippen LogP contribution is 2.35. The van der Waals surface area contributed by atoms with Crippen molar-refractivity contribution in [1.29, 1.82) is 0 Å². The van der Waals surface area contributed by atoms with Gasteiger partial charge in [-0.3, -0.25) is 4.98 Å². The Morgan fingerprint density at radius 1 is 1.00 bits per heavy atom. The number of hydrogen-bond donors (Lipinski definition) is 1. The van der Waals surface area contributed by atoms with Crippen LogP contribution in [0, 0.1) is 0 Å². The fraction of sp³-hybridized carbons (Fsp3) is 0.167. The summed E-state index contributed by atoms with van der Waals surface area (Å²) in [5, 5.41) is 11.4. The van der Waals surface area contributed by atoms with E-state index in [-0.39, 0.29) is 6.10 Å². The number of hydrogen-bond acceptors (Lipinski definition) is 3. The molecular formula is C18H15NO2. The molecule has 0 spiro atoms. The molecule has 104 valence electrons. The number of ether oxygens (including phenoxy) is 1. The summed E-state index contributed by atoms with van der Waals surface area (Å²) >= 11 is 0. The van der Waals surface area contributed by atoms with E-state index in [1.165, 1.54) is 0 Å². The van der Waals surface area contributed by atoms with E-state index in [9.17, 15) is 5.11 Å². The third-order valence-electron chi connectivity index (χ3n) is 4.03. The molecule has 0 fully saturated rings. The third kappa shape index (κ3) is 2.06. The van der Waals surface area contributed by atoms with Crippen LogP contribution >= 0.6 is 0 Å². The number of pyridine rings is 1. The maximum atomic E-state index is 10.4. The van der Waals surface area contributed by atoms with Crippen LogP contribution in [0.2, 0.25) is 0 Å². The van der Waals surface area contributed by atoms with Gasteiger partial charge in [0.1, 0.15) is 18.0 Å². The highest BCUT2D eigenvalue weighted by atomic mass is 16.5. The zero-order chi connectivity index (χ0) is 14.2. The molecule has 0 bridgehead atoms. The number of aliphatic hydroxyl groups is 1. The van der Waals surface area contributed by atoms with Gasteiger partial charge in [-0.2, -0.15) is 0 Å². The monoisotopic (exact) mass is 277 g/mol. The van der Waals surface area contributed by atoms with Crippen molar-refractivity contribution < 1.29 is 9.84 Å². The standard InChI is InChI=1S/C18H15NO2/c20-18-13-6-2-1-5-12(13)11-17(18)21-16-9-3-8-15-14(16)7-4-10-19-15/h1-10,17-18,20H,11H2. The molecule has 3 aromatic rings. The number of rotatable bonds is 2. The van der Waals surface area contributed by atoms with E-state index in [0.717, 1.165) is 34.2 Å². The Morgan fingerprint density at radius 3 is 2.81 bits per heavy atom. The average molecular weight is 277 g/mol. The second kappa shape index (κ2) is 4.86. The van der Waals surface area contributed by atoms with Crippen molar-refractivity contribution in [1.82, 2.24) is 4.98 Å². The summed E-state index contributed by atoms with van der Waals surface area (Å²) in [7, 11) is 0. The molecule has 0 saturated carbocycles. The summed E-state index contributed by atoms with van der Waals surface area (Å²) < 4.78 is 6.09. The third-order valence-corrected chi connectivity index (χ3v) is 4.03. The van der Waals surface area contributed by atoms with Crippen molar-refractivity contribution >= 4 is 10.9 Å². The maximum absolute atomic E-state index is 10.4. The van der Waals surface area contributed by atoms with Gasteiger partial charge in [-0.25, -0.2) is 0 Å². The first-order chi connectivity index (χ1) is 10.3. The van der Waals surface area contributed by atoms with E-state index in [1.807, 2.05) is 54.6 Å². The summed E-state index contributed by atoms with van der Waals surface area (Å²) in [4.78, 5) is 4.33. The Hall–Kier alpha value is -2.39. The largest absolute Gasteiger partial charge is 0.486 e. The molecule has 0 aliphatic heterocycles. The van der Waals surface area contributed by atoms with Crippen LogP contribution in [0.3, 0.4) is 0 Å². The molecule has 3 heteroatoms.